The monoisotopic (exact) mass is 320 g/mol. The average molecular weight is 320 g/mol. The number of nitrogens with zero attached hydrogens (tertiary/aromatic N) is 1. The highest BCUT2D eigenvalue weighted by Crippen LogP contribution is 2.47. The second kappa shape index (κ2) is 5.44. The number of carbonyl (C=O) groups is 1. The van der Waals surface area contributed by atoms with E-state index in [4.69, 9.17) is 0 Å². The number of rotatable bonds is 3. The number of thioether (sulfide) groups is 1. The number of hydrogen-bond donors (Lipinski definition) is 2. The molecule has 2 aromatic rings. The van der Waals surface area contributed by atoms with Crippen LogP contribution >= 0.6 is 23.1 Å². The van der Waals surface area contributed by atoms with Gasteiger partial charge in [-0.25, -0.2) is 4.98 Å². The largest absolute Gasteiger partial charge is 0.480 e. The molecule has 1 aromatic heterocycles. The fraction of sp³-hybridized carbons (Fsp3) is 0.333. The molecule has 1 aromatic carbocycles. The van der Waals surface area contributed by atoms with Crippen molar-refractivity contribution in [2.45, 2.75) is 30.0 Å². The Kier molecular flexibility index (Phi) is 3.77. The summed E-state index contributed by atoms with van der Waals surface area (Å²) in [6.07, 6.45) is 1.86. The maximum atomic E-state index is 11.3. The Balaban J connectivity index is 1.84. The van der Waals surface area contributed by atoms with E-state index in [1.54, 1.807) is 23.1 Å². The van der Waals surface area contributed by atoms with Crippen molar-refractivity contribution in [3.8, 4) is 10.4 Å². The van der Waals surface area contributed by atoms with Crippen LogP contribution in [0.4, 0.5) is 0 Å². The standard InChI is InChI=1S/C15H16N2O2S2/c1-15(2)11(14(18)19)17-13(21-15)12-16-8-10(20-12)9-6-4-3-5-7-9/h3-8,11,13,17H,1-2H3,(H,18,19). The molecule has 110 valence electrons. The van der Waals surface area contributed by atoms with Crippen LogP contribution in [-0.2, 0) is 4.79 Å². The Morgan fingerprint density at radius 3 is 2.67 bits per heavy atom. The lowest BCUT2D eigenvalue weighted by Gasteiger charge is -2.20. The zero-order valence-electron chi connectivity index (χ0n) is 11.7. The molecule has 1 aliphatic rings. The predicted octanol–water partition coefficient (Wildman–Crippen LogP) is 3.38. The van der Waals surface area contributed by atoms with Gasteiger partial charge in [-0.2, -0.15) is 0 Å². The van der Waals surface area contributed by atoms with Crippen molar-refractivity contribution < 1.29 is 9.90 Å². The van der Waals surface area contributed by atoms with Crippen LogP contribution in [0.15, 0.2) is 36.5 Å². The minimum absolute atomic E-state index is 0.0661. The van der Waals surface area contributed by atoms with Crippen LogP contribution in [0.1, 0.15) is 24.2 Å². The summed E-state index contributed by atoms with van der Waals surface area (Å²) in [6.45, 7) is 3.91. The molecule has 0 radical (unpaired) electrons. The fourth-order valence-electron chi connectivity index (χ4n) is 2.39. The fourth-order valence-corrected chi connectivity index (χ4v) is 4.82. The molecule has 0 amide bonds. The molecule has 2 heterocycles. The number of aliphatic carboxylic acids is 1. The molecule has 3 rings (SSSR count). The quantitative estimate of drug-likeness (QED) is 0.908. The molecule has 1 fully saturated rings. The van der Waals surface area contributed by atoms with Crippen molar-refractivity contribution in [1.29, 1.82) is 0 Å². The maximum absolute atomic E-state index is 11.3. The van der Waals surface area contributed by atoms with E-state index in [2.05, 4.69) is 22.4 Å². The molecular formula is C15H16N2O2S2. The third-order valence-corrected chi connectivity index (χ3v) is 6.19. The van der Waals surface area contributed by atoms with Gasteiger partial charge in [-0.3, -0.25) is 10.1 Å². The van der Waals surface area contributed by atoms with E-state index < -0.39 is 12.0 Å². The van der Waals surface area contributed by atoms with Gasteiger partial charge < -0.3 is 5.11 Å². The zero-order chi connectivity index (χ0) is 15.0. The van der Waals surface area contributed by atoms with E-state index in [1.165, 1.54) is 0 Å². The van der Waals surface area contributed by atoms with Crippen LogP contribution in [0.5, 0.6) is 0 Å². The number of thiazole rings is 1. The van der Waals surface area contributed by atoms with Crippen LogP contribution in [0.2, 0.25) is 0 Å². The van der Waals surface area contributed by atoms with E-state index >= 15 is 0 Å². The van der Waals surface area contributed by atoms with Crippen molar-refractivity contribution in [3.63, 3.8) is 0 Å². The molecule has 2 N–H and O–H groups in total. The average Bonchev–Trinajstić information content (AvgIpc) is 3.03. The molecule has 0 aliphatic carbocycles. The Morgan fingerprint density at radius 1 is 1.33 bits per heavy atom. The first-order valence-corrected chi connectivity index (χ1v) is 8.35. The van der Waals surface area contributed by atoms with E-state index in [-0.39, 0.29) is 10.1 Å². The lowest BCUT2D eigenvalue weighted by molar-refractivity contribution is -0.139. The molecule has 0 saturated carbocycles. The van der Waals surface area contributed by atoms with E-state index in [0.29, 0.717) is 0 Å². The molecule has 2 atom stereocenters. The molecule has 21 heavy (non-hydrogen) atoms. The highest BCUT2D eigenvalue weighted by Gasteiger charge is 2.46. The summed E-state index contributed by atoms with van der Waals surface area (Å²) < 4.78 is -0.352. The minimum atomic E-state index is -0.810. The summed E-state index contributed by atoms with van der Waals surface area (Å²) in [5.41, 5.74) is 1.14. The summed E-state index contributed by atoms with van der Waals surface area (Å²) in [7, 11) is 0. The van der Waals surface area contributed by atoms with E-state index in [1.807, 2.05) is 38.2 Å². The van der Waals surface area contributed by atoms with Gasteiger partial charge in [0.25, 0.3) is 0 Å². The number of nitrogens with one attached hydrogen (secondary N) is 1. The van der Waals surface area contributed by atoms with Gasteiger partial charge in [0.05, 0.1) is 4.88 Å². The van der Waals surface area contributed by atoms with Crippen LogP contribution in [-0.4, -0.2) is 26.8 Å². The van der Waals surface area contributed by atoms with Crippen LogP contribution in [0.25, 0.3) is 10.4 Å². The summed E-state index contributed by atoms with van der Waals surface area (Å²) in [4.78, 5) is 16.9. The molecule has 4 nitrogen and oxygen atoms in total. The number of aromatic nitrogens is 1. The van der Waals surface area contributed by atoms with Crippen molar-refractivity contribution in [2.24, 2.45) is 0 Å². The van der Waals surface area contributed by atoms with Crippen molar-refractivity contribution in [2.75, 3.05) is 0 Å². The molecule has 0 spiro atoms. The van der Waals surface area contributed by atoms with Crippen LogP contribution in [0.3, 0.4) is 0 Å². The molecule has 1 aliphatic heterocycles. The third-order valence-electron chi connectivity index (χ3n) is 3.49. The number of hydrogen-bond acceptors (Lipinski definition) is 5. The third kappa shape index (κ3) is 2.84. The second-order valence-corrected chi connectivity index (χ2v) is 8.29. The summed E-state index contributed by atoms with van der Waals surface area (Å²) in [5, 5.41) is 13.3. The van der Waals surface area contributed by atoms with E-state index in [0.717, 1.165) is 15.4 Å². The number of benzene rings is 1. The van der Waals surface area contributed by atoms with Crippen LogP contribution < -0.4 is 5.32 Å². The van der Waals surface area contributed by atoms with Crippen molar-refractivity contribution >= 4 is 29.1 Å². The van der Waals surface area contributed by atoms with Crippen LogP contribution in [0, 0.1) is 0 Å². The Bertz CT molecular complexity index is 655. The van der Waals surface area contributed by atoms with Gasteiger partial charge in [0, 0.05) is 10.9 Å². The first-order valence-electron chi connectivity index (χ1n) is 6.65. The second-order valence-electron chi connectivity index (χ2n) is 5.47. The topological polar surface area (TPSA) is 62.2 Å². The van der Waals surface area contributed by atoms with Gasteiger partial charge in [-0.15, -0.1) is 23.1 Å². The molecule has 1 saturated heterocycles. The Labute approximate surface area is 131 Å². The van der Waals surface area contributed by atoms with Gasteiger partial charge in [0.2, 0.25) is 0 Å². The lowest BCUT2D eigenvalue weighted by Crippen LogP contribution is -2.43. The number of carboxylic acids is 1. The molecule has 2 unspecified atom stereocenters. The normalized spacial score (nSPS) is 24.1. The van der Waals surface area contributed by atoms with Gasteiger partial charge in [-0.05, 0) is 19.4 Å². The smallest absolute Gasteiger partial charge is 0.322 e. The first-order chi connectivity index (χ1) is 9.97. The van der Waals surface area contributed by atoms with Gasteiger partial charge in [-0.1, -0.05) is 30.3 Å². The molecular weight excluding hydrogens is 304 g/mol. The highest BCUT2D eigenvalue weighted by molar-refractivity contribution is 8.01. The predicted molar refractivity (Wildman–Crippen MR) is 86.5 cm³/mol. The molecule has 0 bridgehead atoms. The lowest BCUT2D eigenvalue weighted by atomic mass is 10.0. The summed E-state index contributed by atoms with van der Waals surface area (Å²) in [6, 6.07) is 9.53. The first kappa shape index (κ1) is 14.6. The molecule has 6 heteroatoms. The summed E-state index contributed by atoms with van der Waals surface area (Å²) >= 11 is 3.23. The van der Waals surface area contributed by atoms with E-state index in [9.17, 15) is 9.90 Å². The van der Waals surface area contributed by atoms with Gasteiger partial charge >= 0.3 is 5.97 Å². The van der Waals surface area contributed by atoms with Crippen molar-refractivity contribution in [3.05, 3.63) is 41.5 Å². The zero-order valence-corrected chi connectivity index (χ0v) is 13.4. The minimum Gasteiger partial charge on any atom is -0.480 e. The van der Waals surface area contributed by atoms with Crippen molar-refractivity contribution in [1.82, 2.24) is 10.3 Å². The summed E-state index contributed by atoms with van der Waals surface area (Å²) in [5.74, 6) is -0.810. The SMILES string of the molecule is CC1(C)SC(c2ncc(-c3ccccc3)s2)NC1C(=O)O. The van der Waals surface area contributed by atoms with Gasteiger partial charge in [0.1, 0.15) is 16.4 Å². The Morgan fingerprint density at radius 2 is 2.05 bits per heavy atom. The Hall–Kier alpha value is -1.37. The highest BCUT2D eigenvalue weighted by atomic mass is 32.2. The maximum Gasteiger partial charge on any atom is 0.322 e. The number of carboxylic acid groups (broad SMARTS) is 1. The van der Waals surface area contributed by atoms with Gasteiger partial charge in [0.15, 0.2) is 0 Å².